The Morgan fingerprint density at radius 1 is 0.900 bits per heavy atom. The van der Waals surface area contributed by atoms with Crippen molar-refractivity contribution < 1.29 is 34.4 Å². The van der Waals surface area contributed by atoms with Gasteiger partial charge in [-0.25, -0.2) is 0 Å². The van der Waals surface area contributed by atoms with E-state index in [0.717, 1.165) is 70.8 Å². The number of aliphatic hydroxyl groups is 1. The van der Waals surface area contributed by atoms with Gasteiger partial charge in [0.15, 0.2) is 5.78 Å². The van der Waals surface area contributed by atoms with E-state index >= 15 is 0 Å². The standard InChI is InChI=1S/C30H31GeN2O.C13H24O2.Ir/c1-29(2)16-30(3,4)24-22(29)13-12-21-26-28(34-27(21)24)25(32-17-33-26)19-14-18-10-8-9-11-20(18)23(15-19)31(5,6)7;1-5-10(6-2)12(14)9-13(15)11(7-3)8-4;/h8-13,15,17H,16H2,1-7H3;9-11,14H,5-8H2,1-4H3;/q-1;;/b;12-9-;. The number of carbonyl (C=O) groups excluding carboxylic acids is 1. The van der Waals surface area contributed by atoms with Crippen LogP contribution in [-0.4, -0.2) is 34.1 Å². The molecule has 5 nitrogen and oxygen atoms in total. The smallest absolute Gasteiger partial charge is 0.162 e. The number of fused-ring (bicyclic) bond motifs is 6. The summed E-state index contributed by atoms with van der Waals surface area (Å²) in [7, 11) is 0. The number of ketones is 1. The number of aliphatic hydroxyl groups excluding tert-OH is 1. The van der Waals surface area contributed by atoms with Crippen molar-refractivity contribution in [3.05, 3.63) is 77.8 Å². The normalized spacial score (nSPS) is 15.3. The van der Waals surface area contributed by atoms with E-state index in [1.54, 1.807) is 6.33 Å². The summed E-state index contributed by atoms with van der Waals surface area (Å²) in [6.07, 6.45) is 7.68. The van der Waals surface area contributed by atoms with Gasteiger partial charge in [-0.1, -0.05) is 27.7 Å². The van der Waals surface area contributed by atoms with E-state index in [9.17, 15) is 9.90 Å². The van der Waals surface area contributed by atoms with Crippen LogP contribution in [-0.2, 0) is 35.7 Å². The minimum Gasteiger partial charge on any atom is -0.512 e. The summed E-state index contributed by atoms with van der Waals surface area (Å²) in [5.41, 5.74) is 7.35. The molecule has 50 heavy (non-hydrogen) atoms. The molecule has 3 aromatic carbocycles. The maximum Gasteiger partial charge on any atom is 0.162 e. The van der Waals surface area contributed by atoms with Crippen LogP contribution in [0.5, 0.6) is 0 Å². The molecule has 0 bridgehead atoms. The van der Waals surface area contributed by atoms with Crippen LogP contribution >= 0.6 is 0 Å². The Morgan fingerprint density at radius 3 is 2.16 bits per heavy atom. The molecule has 0 atom stereocenters. The van der Waals surface area contributed by atoms with Crippen molar-refractivity contribution in [1.29, 1.82) is 0 Å². The molecule has 0 aliphatic heterocycles. The quantitative estimate of drug-likeness (QED) is 0.0690. The van der Waals surface area contributed by atoms with Gasteiger partial charge in [0.1, 0.15) is 0 Å². The molecule has 5 aromatic rings. The summed E-state index contributed by atoms with van der Waals surface area (Å²) in [5.74, 6) is 7.87. The Morgan fingerprint density at radius 2 is 1.54 bits per heavy atom. The summed E-state index contributed by atoms with van der Waals surface area (Å²) in [4.78, 5) is 21.2. The predicted octanol–water partition coefficient (Wildman–Crippen LogP) is 11.4. The van der Waals surface area contributed by atoms with Gasteiger partial charge in [-0.15, -0.1) is 0 Å². The molecule has 0 spiro atoms. The fourth-order valence-electron chi connectivity index (χ4n) is 8.11. The number of allylic oxidation sites excluding steroid dienone is 2. The number of rotatable bonds is 9. The van der Waals surface area contributed by atoms with E-state index in [-0.39, 0.29) is 54.3 Å². The van der Waals surface area contributed by atoms with E-state index in [1.165, 1.54) is 27.0 Å². The van der Waals surface area contributed by atoms with Crippen molar-refractivity contribution in [2.75, 3.05) is 0 Å². The van der Waals surface area contributed by atoms with Gasteiger partial charge in [-0.3, -0.25) is 4.79 Å². The van der Waals surface area contributed by atoms with Gasteiger partial charge in [0.2, 0.25) is 0 Å². The fraction of sp³-hybridized carbons (Fsp3) is 0.465. The Kier molecular flexibility index (Phi) is 12.3. The SMILES string of the molecule is CC1(C)CC(C)(C)c2c1ccc1c2oc2c(-c3[c-]c4ccccc4[c]([Ge]([CH3])([CH3])[CH3])c3)ncnc21.CCC(CC)C(=O)/C=C(\O)C(CC)CC.[Ir]. The van der Waals surface area contributed by atoms with Crippen LogP contribution in [0, 0.1) is 17.9 Å². The number of hydrogen-bond donors (Lipinski definition) is 1. The molecule has 1 radical (unpaired) electrons. The van der Waals surface area contributed by atoms with Gasteiger partial charge in [-0.05, 0) is 25.7 Å². The van der Waals surface area contributed by atoms with Crippen LogP contribution in [0.4, 0.5) is 0 Å². The molecule has 6 rings (SSSR count). The second-order valence-electron chi connectivity index (χ2n) is 16.2. The van der Waals surface area contributed by atoms with E-state index in [2.05, 4.69) is 93.5 Å². The second-order valence-corrected chi connectivity index (χ2v) is 26.8. The maximum atomic E-state index is 11.7. The fourth-order valence-corrected chi connectivity index (χ4v) is 11.5. The van der Waals surface area contributed by atoms with Gasteiger partial charge < -0.3 is 5.11 Å². The average molecular weight is 913 g/mol. The Balaban J connectivity index is 0.000000301. The number of furan rings is 1. The molecule has 269 valence electrons. The summed E-state index contributed by atoms with van der Waals surface area (Å²) in [6.45, 7) is 17.4. The zero-order valence-electron chi connectivity index (χ0n) is 31.9. The van der Waals surface area contributed by atoms with Crippen LogP contribution in [0.15, 0.2) is 65.0 Å². The second kappa shape index (κ2) is 15.4. The first-order chi connectivity index (χ1) is 23.1. The minimum absolute atomic E-state index is 0. The van der Waals surface area contributed by atoms with Crippen molar-refractivity contribution in [2.45, 2.75) is 116 Å². The van der Waals surface area contributed by atoms with Crippen LogP contribution < -0.4 is 4.40 Å². The zero-order valence-corrected chi connectivity index (χ0v) is 36.4. The Bertz CT molecular complexity index is 2030. The maximum absolute atomic E-state index is 11.7. The van der Waals surface area contributed by atoms with Crippen LogP contribution in [0.2, 0.25) is 17.3 Å². The number of nitrogens with zero attached hydrogens (tertiary/aromatic N) is 2. The molecule has 1 aliphatic carbocycles. The molecule has 0 saturated carbocycles. The van der Waals surface area contributed by atoms with E-state index in [0.29, 0.717) is 0 Å². The van der Waals surface area contributed by atoms with Gasteiger partial charge in [0.25, 0.3) is 0 Å². The summed E-state index contributed by atoms with van der Waals surface area (Å²) >= 11 is -2.16. The molecule has 7 heteroatoms. The topological polar surface area (TPSA) is 76.2 Å². The number of hydrogen-bond acceptors (Lipinski definition) is 5. The van der Waals surface area contributed by atoms with Gasteiger partial charge in [-0.2, -0.15) is 0 Å². The number of benzene rings is 3. The molecular formula is C43H55GeIrN2O3-. The van der Waals surface area contributed by atoms with E-state index in [4.69, 9.17) is 14.4 Å². The summed E-state index contributed by atoms with van der Waals surface area (Å²) in [6, 6.07) is 19.0. The van der Waals surface area contributed by atoms with Gasteiger partial charge >= 0.3 is 204 Å². The Hall–Kier alpha value is -2.80. The third-order valence-electron chi connectivity index (χ3n) is 10.6. The van der Waals surface area contributed by atoms with Gasteiger partial charge in [0, 0.05) is 38.0 Å². The predicted molar refractivity (Wildman–Crippen MR) is 209 cm³/mol. The molecule has 0 fully saturated rings. The minimum atomic E-state index is -2.16. The molecule has 0 saturated heterocycles. The largest absolute Gasteiger partial charge is 0.512 e. The van der Waals surface area contributed by atoms with Crippen molar-refractivity contribution in [3.63, 3.8) is 0 Å². The van der Waals surface area contributed by atoms with Crippen molar-refractivity contribution >= 4 is 56.3 Å². The van der Waals surface area contributed by atoms with E-state index in [1.807, 2.05) is 27.7 Å². The van der Waals surface area contributed by atoms with Crippen LogP contribution in [0.1, 0.15) is 98.6 Å². The molecule has 0 unspecified atom stereocenters. The number of carbonyl (C=O) groups is 1. The number of aromatic nitrogens is 2. The van der Waals surface area contributed by atoms with Crippen LogP contribution in [0.25, 0.3) is 44.1 Å². The van der Waals surface area contributed by atoms with Crippen molar-refractivity contribution in [3.8, 4) is 11.3 Å². The molecule has 0 amide bonds. The first kappa shape index (κ1) is 40.0. The third kappa shape index (κ3) is 7.68. The summed E-state index contributed by atoms with van der Waals surface area (Å²) < 4.78 is 8.19. The molecule has 1 N–H and O–H groups in total. The first-order valence-corrected chi connectivity index (χ1v) is 25.5. The van der Waals surface area contributed by atoms with E-state index < -0.39 is 13.3 Å². The van der Waals surface area contributed by atoms with Crippen molar-refractivity contribution in [1.82, 2.24) is 9.97 Å². The first-order valence-electron chi connectivity index (χ1n) is 18.2. The summed E-state index contributed by atoms with van der Waals surface area (Å²) in [5, 5.41) is 13.3. The molecule has 1 aliphatic rings. The van der Waals surface area contributed by atoms with Crippen molar-refractivity contribution in [2.24, 2.45) is 11.8 Å². The molecule has 2 heterocycles. The van der Waals surface area contributed by atoms with Crippen LogP contribution in [0.3, 0.4) is 0 Å². The third-order valence-corrected chi connectivity index (χ3v) is 14.9. The Labute approximate surface area is 315 Å². The average Bonchev–Trinajstić information content (AvgIpc) is 3.51. The molecule has 2 aromatic heterocycles. The van der Waals surface area contributed by atoms with Gasteiger partial charge in [0.05, 0.1) is 5.76 Å². The zero-order chi connectivity index (χ0) is 35.9. The monoisotopic (exact) mass is 914 g/mol. The molecular weight excluding hydrogens is 857 g/mol.